The van der Waals surface area contributed by atoms with Crippen LogP contribution in [0.5, 0.6) is 0 Å². The number of aliphatic hydroxyl groups excluding tert-OH is 3. The van der Waals surface area contributed by atoms with Crippen molar-refractivity contribution < 1.29 is 33.3 Å². The normalized spacial score (nSPS) is 17.8. The summed E-state index contributed by atoms with van der Waals surface area (Å²) in [6, 6.07) is 4.75. The summed E-state index contributed by atoms with van der Waals surface area (Å²) in [6.07, 6.45) is -6.72. The number of carbonyl (C=O) groups excluding carboxylic acids is 1. The summed E-state index contributed by atoms with van der Waals surface area (Å²) in [5, 5.41) is 36.4. The van der Waals surface area contributed by atoms with E-state index in [1.807, 2.05) is 0 Å². The van der Waals surface area contributed by atoms with Gasteiger partial charge in [-0.15, -0.1) is 10.2 Å². The number of hydrogen-bond acceptors (Lipinski definition) is 6. The van der Waals surface area contributed by atoms with Gasteiger partial charge in [0, 0.05) is 24.3 Å². The summed E-state index contributed by atoms with van der Waals surface area (Å²) in [7, 11) is 0. The predicted molar refractivity (Wildman–Crippen MR) is 79.7 cm³/mol. The SMILES string of the molecule is O=C(NCC[C@@H](O)C(O)CCO)c1ccc(C2(C(F)(F)F)N=N2)cc1. The molecule has 4 N–H and O–H groups in total. The Morgan fingerprint density at radius 1 is 1.12 bits per heavy atom. The smallest absolute Gasteiger partial charge is 0.396 e. The first-order chi connectivity index (χ1) is 11.7. The molecule has 1 amide bonds. The van der Waals surface area contributed by atoms with Crippen LogP contribution in [0.15, 0.2) is 34.5 Å². The van der Waals surface area contributed by atoms with E-state index in [0.717, 1.165) is 12.1 Å². The van der Waals surface area contributed by atoms with Crippen LogP contribution in [0.25, 0.3) is 0 Å². The number of nitrogens with zero attached hydrogens (tertiary/aromatic N) is 2. The van der Waals surface area contributed by atoms with Crippen LogP contribution in [0.4, 0.5) is 13.2 Å². The first-order valence-corrected chi connectivity index (χ1v) is 7.58. The highest BCUT2D eigenvalue weighted by Gasteiger charge is 2.65. The molecule has 0 spiro atoms. The molecule has 10 heteroatoms. The summed E-state index contributed by atoms with van der Waals surface area (Å²) < 4.78 is 38.6. The Kier molecular flexibility index (Phi) is 5.76. The van der Waals surface area contributed by atoms with Crippen LogP contribution in [0.3, 0.4) is 0 Å². The molecule has 2 atom stereocenters. The fourth-order valence-electron chi connectivity index (χ4n) is 2.25. The quantitative estimate of drug-likeness (QED) is 0.555. The van der Waals surface area contributed by atoms with E-state index in [1.165, 1.54) is 12.1 Å². The van der Waals surface area contributed by atoms with Crippen molar-refractivity contribution in [2.24, 2.45) is 10.2 Å². The van der Waals surface area contributed by atoms with Crippen molar-refractivity contribution in [1.29, 1.82) is 0 Å². The maximum Gasteiger partial charge on any atom is 0.442 e. The van der Waals surface area contributed by atoms with Crippen LogP contribution in [0.1, 0.15) is 28.8 Å². The molecule has 0 aromatic heterocycles. The molecule has 1 unspecified atom stereocenters. The molecule has 0 fully saturated rings. The topological polar surface area (TPSA) is 115 Å². The van der Waals surface area contributed by atoms with E-state index in [-0.39, 0.29) is 37.1 Å². The van der Waals surface area contributed by atoms with Gasteiger partial charge in [-0.05, 0) is 25.0 Å². The van der Waals surface area contributed by atoms with Gasteiger partial charge in [-0.2, -0.15) is 13.2 Å². The average molecular weight is 361 g/mol. The highest BCUT2D eigenvalue weighted by Crippen LogP contribution is 2.52. The van der Waals surface area contributed by atoms with Gasteiger partial charge >= 0.3 is 11.8 Å². The third-order valence-electron chi connectivity index (χ3n) is 3.84. The van der Waals surface area contributed by atoms with Crippen molar-refractivity contribution in [3.8, 4) is 0 Å². The van der Waals surface area contributed by atoms with E-state index in [4.69, 9.17) is 5.11 Å². The Hall–Kier alpha value is -2.04. The minimum absolute atomic E-state index is 0.0215. The lowest BCUT2D eigenvalue weighted by molar-refractivity contribution is -0.166. The van der Waals surface area contributed by atoms with Crippen molar-refractivity contribution in [2.75, 3.05) is 13.2 Å². The van der Waals surface area contributed by atoms with Crippen LogP contribution in [-0.2, 0) is 5.66 Å². The third-order valence-corrected chi connectivity index (χ3v) is 3.84. The fraction of sp³-hybridized carbons (Fsp3) is 0.533. The Morgan fingerprint density at radius 2 is 1.68 bits per heavy atom. The van der Waals surface area contributed by atoms with E-state index in [9.17, 15) is 28.2 Å². The summed E-state index contributed by atoms with van der Waals surface area (Å²) in [6.45, 7) is -0.212. The molecule has 2 rings (SSSR count). The Morgan fingerprint density at radius 3 is 2.16 bits per heavy atom. The maximum atomic E-state index is 12.9. The zero-order valence-corrected chi connectivity index (χ0v) is 13.1. The van der Waals surface area contributed by atoms with Gasteiger partial charge in [-0.25, -0.2) is 0 Å². The van der Waals surface area contributed by atoms with E-state index in [2.05, 4.69) is 15.5 Å². The molecule has 7 nitrogen and oxygen atoms in total. The van der Waals surface area contributed by atoms with Gasteiger partial charge in [0.25, 0.3) is 5.91 Å². The van der Waals surface area contributed by atoms with E-state index >= 15 is 0 Å². The van der Waals surface area contributed by atoms with Crippen LogP contribution >= 0.6 is 0 Å². The van der Waals surface area contributed by atoms with Gasteiger partial charge in [-0.1, -0.05) is 12.1 Å². The molecule has 1 aromatic rings. The van der Waals surface area contributed by atoms with Gasteiger partial charge < -0.3 is 20.6 Å². The number of amides is 1. The van der Waals surface area contributed by atoms with Crippen molar-refractivity contribution in [3.63, 3.8) is 0 Å². The molecule has 0 aliphatic carbocycles. The average Bonchev–Trinajstić information content (AvgIpc) is 3.36. The highest BCUT2D eigenvalue weighted by atomic mass is 19.4. The zero-order chi connectivity index (χ0) is 18.7. The second kappa shape index (κ2) is 7.46. The molecule has 0 bridgehead atoms. The first-order valence-electron chi connectivity index (χ1n) is 7.58. The van der Waals surface area contributed by atoms with E-state index in [0.29, 0.717) is 0 Å². The van der Waals surface area contributed by atoms with Crippen molar-refractivity contribution in [2.45, 2.75) is 36.9 Å². The Labute approximate surface area is 141 Å². The Balaban J connectivity index is 1.87. The molecule has 25 heavy (non-hydrogen) atoms. The second-order valence-corrected chi connectivity index (χ2v) is 5.64. The fourth-order valence-corrected chi connectivity index (χ4v) is 2.25. The summed E-state index contributed by atoms with van der Waals surface area (Å²) >= 11 is 0. The van der Waals surface area contributed by atoms with Crippen LogP contribution in [0, 0.1) is 0 Å². The lowest BCUT2D eigenvalue weighted by Gasteiger charge is -2.17. The number of carbonyl (C=O) groups is 1. The number of rotatable bonds is 8. The minimum atomic E-state index is -4.62. The standard InChI is InChI=1S/C15H18F3N3O4/c16-15(17,18)14(20-21-14)10-3-1-9(2-4-10)13(25)19-7-5-11(23)12(24)6-8-22/h1-4,11-12,22-24H,5-8H2,(H,19,25)/t11-,12?/m1/s1. The van der Waals surface area contributed by atoms with Gasteiger partial charge in [-0.3, -0.25) is 4.79 Å². The Bertz CT molecular complexity index is 628. The van der Waals surface area contributed by atoms with Crippen LogP contribution in [0.2, 0.25) is 0 Å². The molecular weight excluding hydrogens is 343 g/mol. The summed E-state index contributed by atoms with van der Waals surface area (Å²) in [5.74, 6) is -0.527. The number of aliphatic hydroxyl groups is 3. The molecule has 1 aliphatic rings. The third kappa shape index (κ3) is 4.33. The molecule has 0 radical (unpaired) electrons. The zero-order valence-electron chi connectivity index (χ0n) is 13.1. The van der Waals surface area contributed by atoms with Crippen LogP contribution in [-0.4, -0.2) is 52.8 Å². The molecule has 0 saturated carbocycles. The molecule has 0 saturated heterocycles. The number of hydrogen-bond donors (Lipinski definition) is 4. The molecule has 1 heterocycles. The minimum Gasteiger partial charge on any atom is -0.396 e. The molecule has 1 aliphatic heterocycles. The maximum absolute atomic E-state index is 12.9. The second-order valence-electron chi connectivity index (χ2n) is 5.64. The van der Waals surface area contributed by atoms with Crippen molar-refractivity contribution >= 4 is 5.91 Å². The molecule has 1 aromatic carbocycles. The van der Waals surface area contributed by atoms with Gasteiger partial charge in [0.15, 0.2) is 0 Å². The molecule has 138 valence electrons. The highest BCUT2D eigenvalue weighted by molar-refractivity contribution is 5.94. The predicted octanol–water partition coefficient (Wildman–Crippen LogP) is 1.09. The number of halogens is 3. The lowest BCUT2D eigenvalue weighted by Crippen LogP contribution is -2.33. The van der Waals surface area contributed by atoms with Gasteiger partial charge in [0.1, 0.15) is 0 Å². The first kappa shape index (κ1) is 19.3. The van der Waals surface area contributed by atoms with Crippen molar-refractivity contribution in [3.05, 3.63) is 35.4 Å². The van der Waals surface area contributed by atoms with Gasteiger partial charge in [0.2, 0.25) is 0 Å². The van der Waals surface area contributed by atoms with E-state index < -0.39 is 30.0 Å². The number of benzene rings is 1. The lowest BCUT2D eigenvalue weighted by atomic mass is 10.0. The van der Waals surface area contributed by atoms with E-state index in [1.54, 1.807) is 0 Å². The molecular formula is C15H18F3N3O4. The summed E-state index contributed by atoms with van der Waals surface area (Å²) in [5.41, 5.74) is -2.54. The van der Waals surface area contributed by atoms with Crippen LogP contribution < -0.4 is 5.32 Å². The summed E-state index contributed by atoms with van der Waals surface area (Å²) in [4.78, 5) is 11.9. The number of alkyl halides is 3. The van der Waals surface area contributed by atoms with Gasteiger partial charge in [0.05, 0.1) is 12.2 Å². The monoisotopic (exact) mass is 361 g/mol. The number of nitrogens with one attached hydrogen (secondary N) is 1. The van der Waals surface area contributed by atoms with Crippen molar-refractivity contribution in [1.82, 2.24) is 5.32 Å². The largest absolute Gasteiger partial charge is 0.442 e.